The molecule has 140 valence electrons. The van der Waals surface area contributed by atoms with E-state index < -0.39 is 0 Å². The lowest BCUT2D eigenvalue weighted by Crippen LogP contribution is -2.41. The molecule has 4 nitrogen and oxygen atoms in total. The number of hydrogen-bond acceptors (Lipinski definition) is 2. The molecule has 0 aromatic heterocycles. The third-order valence-corrected chi connectivity index (χ3v) is 5.14. The second-order valence-corrected chi connectivity index (χ2v) is 7.26. The Kier molecular flexibility index (Phi) is 5.08. The minimum Gasteiger partial charge on any atom is -0.333 e. The highest BCUT2D eigenvalue weighted by atomic mass is 32.1. The van der Waals surface area contributed by atoms with Gasteiger partial charge in [0.2, 0.25) is 5.91 Å². The van der Waals surface area contributed by atoms with Gasteiger partial charge in [0.1, 0.15) is 6.54 Å². The van der Waals surface area contributed by atoms with Crippen LogP contribution in [0.3, 0.4) is 0 Å². The average Bonchev–Trinajstić information content (AvgIpc) is 2.84. The number of para-hydroxylation sites is 1. The lowest BCUT2D eigenvalue weighted by atomic mass is 9.95. The standard InChI is InChI=1S/C23H21N3OS/c1-16-12-13-19-20(14-16)25-21(27)15-26(22(19)17-8-4-2-5-9-17)23(28)24-18-10-6-3-7-11-18/h2-14,22H,15H2,1H3,(H,24,28)(H,25,27). The Morgan fingerprint density at radius 2 is 1.71 bits per heavy atom. The third kappa shape index (κ3) is 3.75. The van der Waals surface area contributed by atoms with Crippen LogP contribution in [0.4, 0.5) is 11.4 Å². The fourth-order valence-electron chi connectivity index (χ4n) is 3.52. The summed E-state index contributed by atoms with van der Waals surface area (Å²) in [6, 6.07) is 25.9. The molecule has 0 saturated carbocycles. The molecule has 3 aromatic rings. The fourth-order valence-corrected chi connectivity index (χ4v) is 3.81. The highest BCUT2D eigenvalue weighted by Gasteiger charge is 2.31. The normalized spacial score (nSPS) is 16.0. The van der Waals surface area contributed by atoms with Crippen LogP contribution < -0.4 is 10.6 Å². The van der Waals surface area contributed by atoms with E-state index in [0.29, 0.717) is 5.11 Å². The van der Waals surface area contributed by atoms with E-state index in [4.69, 9.17) is 12.2 Å². The van der Waals surface area contributed by atoms with E-state index in [-0.39, 0.29) is 18.5 Å². The maximum atomic E-state index is 12.7. The van der Waals surface area contributed by atoms with Crippen molar-refractivity contribution in [2.24, 2.45) is 0 Å². The molecule has 1 unspecified atom stereocenters. The summed E-state index contributed by atoms with van der Waals surface area (Å²) in [5, 5.41) is 6.84. The number of carbonyl (C=O) groups is 1. The molecule has 1 aliphatic rings. The van der Waals surface area contributed by atoms with Crippen molar-refractivity contribution < 1.29 is 4.79 Å². The van der Waals surface area contributed by atoms with Gasteiger partial charge < -0.3 is 15.5 Å². The summed E-state index contributed by atoms with van der Waals surface area (Å²) in [5.41, 5.74) is 4.95. The van der Waals surface area contributed by atoms with Gasteiger partial charge in [0.15, 0.2) is 5.11 Å². The monoisotopic (exact) mass is 387 g/mol. The van der Waals surface area contributed by atoms with Crippen LogP contribution in [0.25, 0.3) is 0 Å². The van der Waals surface area contributed by atoms with Crippen LogP contribution in [0.1, 0.15) is 22.7 Å². The zero-order valence-corrected chi connectivity index (χ0v) is 16.4. The molecule has 0 radical (unpaired) electrons. The summed E-state index contributed by atoms with van der Waals surface area (Å²) >= 11 is 5.74. The topological polar surface area (TPSA) is 44.4 Å². The van der Waals surface area contributed by atoms with E-state index in [9.17, 15) is 4.79 Å². The van der Waals surface area contributed by atoms with Gasteiger partial charge in [-0.3, -0.25) is 4.79 Å². The summed E-state index contributed by atoms with van der Waals surface area (Å²) in [6.45, 7) is 2.19. The molecular formula is C23H21N3OS. The lowest BCUT2D eigenvalue weighted by Gasteiger charge is -2.32. The van der Waals surface area contributed by atoms with Gasteiger partial charge in [-0.2, -0.15) is 0 Å². The molecule has 0 spiro atoms. The summed E-state index contributed by atoms with van der Waals surface area (Å²) in [6.07, 6.45) is 0. The summed E-state index contributed by atoms with van der Waals surface area (Å²) in [4.78, 5) is 14.6. The van der Waals surface area contributed by atoms with E-state index in [1.54, 1.807) is 0 Å². The molecule has 1 aliphatic heterocycles. The van der Waals surface area contributed by atoms with Crippen molar-refractivity contribution >= 4 is 34.6 Å². The summed E-state index contributed by atoms with van der Waals surface area (Å²) < 4.78 is 0. The summed E-state index contributed by atoms with van der Waals surface area (Å²) in [5.74, 6) is -0.0810. The zero-order chi connectivity index (χ0) is 19.5. The first-order valence-corrected chi connectivity index (χ1v) is 9.60. The molecule has 1 atom stereocenters. The van der Waals surface area contributed by atoms with Crippen molar-refractivity contribution in [3.63, 3.8) is 0 Å². The van der Waals surface area contributed by atoms with Gasteiger partial charge in [0, 0.05) is 16.9 Å². The smallest absolute Gasteiger partial charge is 0.244 e. The molecule has 0 bridgehead atoms. The first kappa shape index (κ1) is 18.2. The Balaban J connectivity index is 1.79. The van der Waals surface area contributed by atoms with Gasteiger partial charge in [0.25, 0.3) is 0 Å². The van der Waals surface area contributed by atoms with E-state index in [0.717, 1.165) is 28.1 Å². The van der Waals surface area contributed by atoms with Crippen LogP contribution in [0.5, 0.6) is 0 Å². The van der Waals surface area contributed by atoms with Gasteiger partial charge in [-0.05, 0) is 48.5 Å². The number of anilines is 2. The Hall–Kier alpha value is -3.18. The SMILES string of the molecule is Cc1ccc2c(c1)NC(=O)CN(C(=S)Nc1ccccc1)C2c1ccccc1. The molecule has 0 fully saturated rings. The van der Waals surface area contributed by atoms with Crippen LogP contribution in [-0.4, -0.2) is 22.5 Å². The first-order chi connectivity index (χ1) is 13.6. The molecule has 0 aliphatic carbocycles. The quantitative estimate of drug-likeness (QED) is 0.624. The third-order valence-electron chi connectivity index (χ3n) is 4.80. The average molecular weight is 388 g/mol. The highest BCUT2D eigenvalue weighted by molar-refractivity contribution is 7.80. The van der Waals surface area contributed by atoms with Crippen molar-refractivity contribution in [2.45, 2.75) is 13.0 Å². The van der Waals surface area contributed by atoms with Gasteiger partial charge in [0.05, 0.1) is 6.04 Å². The van der Waals surface area contributed by atoms with Gasteiger partial charge in [-0.25, -0.2) is 0 Å². The van der Waals surface area contributed by atoms with E-state index in [1.807, 2.05) is 66.4 Å². The predicted molar refractivity (Wildman–Crippen MR) is 117 cm³/mol. The number of benzene rings is 3. The van der Waals surface area contributed by atoms with Crippen molar-refractivity contribution in [3.05, 3.63) is 95.6 Å². The molecule has 5 heteroatoms. The maximum Gasteiger partial charge on any atom is 0.244 e. The first-order valence-electron chi connectivity index (χ1n) is 9.20. The number of carbonyl (C=O) groups excluding carboxylic acids is 1. The number of aryl methyl sites for hydroxylation is 1. The van der Waals surface area contributed by atoms with E-state index in [1.165, 1.54) is 0 Å². The second kappa shape index (κ2) is 7.82. The van der Waals surface area contributed by atoms with Crippen molar-refractivity contribution in [1.29, 1.82) is 0 Å². The molecule has 0 saturated heterocycles. The zero-order valence-electron chi connectivity index (χ0n) is 15.6. The molecule has 4 rings (SSSR count). The molecule has 3 aromatic carbocycles. The maximum absolute atomic E-state index is 12.7. The Bertz CT molecular complexity index is 1000. The molecule has 2 N–H and O–H groups in total. The highest BCUT2D eigenvalue weighted by Crippen LogP contribution is 2.36. The molecule has 28 heavy (non-hydrogen) atoms. The number of nitrogens with zero attached hydrogens (tertiary/aromatic N) is 1. The van der Waals surface area contributed by atoms with Crippen LogP contribution in [0, 0.1) is 6.92 Å². The van der Waals surface area contributed by atoms with Crippen LogP contribution in [0.2, 0.25) is 0 Å². The number of rotatable bonds is 2. The molecule has 1 heterocycles. The number of hydrogen-bond donors (Lipinski definition) is 2. The number of thiocarbonyl (C=S) groups is 1. The minimum atomic E-state index is -0.167. The second-order valence-electron chi connectivity index (χ2n) is 6.88. The van der Waals surface area contributed by atoms with Crippen LogP contribution in [-0.2, 0) is 4.79 Å². The van der Waals surface area contributed by atoms with Gasteiger partial charge in [-0.15, -0.1) is 0 Å². The Morgan fingerprint density at radius 3 is 2.43 bits per heavy atom. The number of amides is 1. The van der Waals surface area contributed by atoms with Crippen LogP contribution >= 0.6 is 12.2 Å². The van der Waals surface area contributed by atoms with Crippen molar-refractivity contribution in [1.82, 2.24) is 4.90 Å². The van der Waals surface area contributed by atoms with Crippen molar-refractivity contribution in [2.75, 3.05) is 17.2 Å². The Labute approximate surface area is 170 Å². The van der Waals surface area contributed by atoms with E-state index >= 15 is 0 Å². The van der Waals surface area contributed by atoms with Crippen LogP contribution in [0.15, 0.2) is 78.9 Å². The number of nitrogens with one attached hydrogen (secondary N) is 2. The largest absolute Gasteiger partial charge is 0.333 e. The summed E-state index contributed by atoms with van der Waals surface area (Å²) in [7, 11) is 0. The minimum absolute atomic E-state index is 0.0810. The van der Waals surface area contributed by atoms with Gasteiger partial charge in [-0.1, -0.05) is 60.7 Å². The number of fused-ring (bicyclic) bond motifs is 1. The fraction of sp³-hybridized carbons (Fsp3) is 0.130. The van der Waals surface area contributed by atoms with Crippen molar-refractivity contribution in [3.8, 4) is 0 Å². The van der Waals surface area contributed by atoms with Gasteiger partial charge >= 0.3 is 0 Å². The molecule has 1 amide bonds. The van der Waals surface area contributed by atoms with E-state index in [2.05, 4.69) is 34.9 Å². The lowest BCUT2D eigenvalue weighted by molar-refractivity contribution is -0.116. The molecular weight excluding hydrogens is 366 g/mol. The predicted octanol–water partition coefficient (Wildman–Crippen LogP) is 4.74. The Morgan fingerprint density at radius 1 is 1.04 bits per heavy atom.